The van der Waals surface area contributed by atoms with E-state index in [2.05, 4.69) is 4.90 Å². The molecule has 5 nitrogen and oxygen atoms in total. The molecule has 1 aliphatic rings. The fraction of sp³-hybridized carbons (Fsp3) is 0.588. The van der Waals surface area contributed by atoms with E-state index in [4.69, 9.17) is 4.74 Å². The van der Waals surface area contributed by atoms with Crippen molar-refractivity contribution in [2.45, 2.75) is 18.9 Å². The number of amides is 1. The zero-order chi connectivity index (χ0) is 16.1. The third-order valence-electron chi connectivity index (χ3n) is 4.44. The van der Waals surface area contributed by atoms with Crippen LogP contribution in [0.15, 0.2) is 24.3 Å². The summed E-state index contributed by atoms with van der Waals surface area (Å²) in [7, 11) is 5.64. The highest BCUT2D eigenvalue weighted by molar-refractivity contribution is 5.76. The number of rotatable bonds is 6. The fourth-order valence-corrected chi connectivity index (χ4v) is 3.02. The predicted octanol–water partition coefficient (Wildman–Crippen LogP) is 1.01. The van der Waals surface area contributed by atoms with Crippen LogP contribution in [-0.4, -0.2) is 67.8 Å². The predicted molar refractivity (Wildman–Crippen MR) is 85.9 cm³/mol. The summed E-state index contributed by atoms with van der Waals surface area (Å²) in [6.45, 7) is 1.49. The molecule has 1 amide bonds. The van der Waals surface area contributed by atoms with Crippen molar-refractivity contribution in [1.82, 2.24) is 9.80 Å². The molecule has 0 spiro atoms. The first-order chi connectivity index (χ1) is 10.5. The van der Waals surface area contributed by atoms with Gasteiger partial charge in [0, 0.05) is 38.1 Å². The third-order valence-corrected chi connectivity index (χ3v) is 4.44. The van der Waals surface area contributed by atoms with Crippen molar-refractivity contribution in [2.24, 2.45) is 5.92 Å². The molecule has 0 unspecified atom stereocenters. The van der Waals surface area contributed by atoms with E-state index in [1.807, 2.05) is 43.3 Å². The van der Waals surface area contributed by atoms with Gasteiger partial charge in [0.2, 0.25) is 5.91 Å². The maximum Gasteiger partial charge on any atom is 0.222 e. The van der Waals surface area contributed by atoms with E-state index in [-0.39, 0.29) is 24.5 Å². The number of aliphatic hydroxyl groups excluding tert-OH is 1. The molecule has 1 N–H and O–H groups in total. The van der Waals surface area contributed by atoms with Crippen molar-refractivity contribution in [3.8, 4) is 5.75 Å². The number of likely N-dealkylation sites (N-methyl/N-ethyl adjacent to an activating group) is 1. The number of aryl methyl sites for hydroxylation is 1. The van der Waals surface area contributed by atoms with Crippen molar-refractivity contribution in [1.29, 1.82) is 0 Å². The van der Waals surface area contributed by atoms with Gasteiger partial charge in [0.05, 0.1) is 7.11 Å². The molecule has 2 rings (SSSR count). The van der Waals surface area contributed by atoms with Gasteiger partial charge in [0.25, 0.3) is 0 Å². The van der Waals surface area contributed by atoms with Crippen molar-refractivity contribution in [3.63, 3.8) is 0 Å². The van der Waals surface area contributed by atoms with Crippen LogP contribution in [0.4, 0.5) is 0 Å². The number of nitrogens with zero attached hydrogens (tertiary/aromatic N) is 2. The largest absolute Gasteiger partial charge is 0.497 e. The summed E-state index contributed by atoms with van der Waals surface area (Å²) in [5.74, 6) is 1.15. The van der Waals surface area contributed by atoms with Crippen molar-refractivity contribution in [2.75, 3.05) is 40.9 Å². The van der Waals surface area contributed by atoms with Crippen LogP contribution in [0.5, 0.6) is 5.75 Å². The Kier molecular flexibility index (Phi) is 5.80. The van der Waals surface area contributed by atoms with Gasteiger partial charge in [-0.15, -0.1) is 0 Å². The number of hydrogen-bond donors (Lipinski definition) is 1. The second kappa shape index (κ2) is 7.61. The molecule has 1 heterocycles. The summed E-state index contributed by atoms with van der Waals surface area (Å²) in [6.07, 6.45) is 1.24. The standard InChI is InChI=1S/C17H26N2O3/c1-18(2)16-11-19(10-14(16)12-20)17(21)9-6-13-4-7-15(22-3)8-5-13/h4-5,7-8,14,16,20H,6,9-12H2,1-3H3/t14-,16+/m0/s1. The minimum absolute atomic E-state index is 0.130. The summed E-state index contributed by atoms with van der Waals surface area (Å²) in [6, 6.07) is 8.07. The summed E-state index contributed by atoms with van der Waals surface area (Å²) < 4.78 is 5.13. The first-order valence-electron chi connectivity index (χ1n) is 7.73. The molecule has 1 fully saturated rings. The van der Waals surface area contributed by atoms with Crippen LogP contribution in [0.3, 0.4) is 0 Å². The molecular formula is C17H26N2O3. The van der Waals surface area contributed by atoms with Crippen LogP contribution in [0.25, 0.3) is 0 Å². The van der Waals surface area contributed by atoms with E-state index in [9.17, 15) is 9.90 Å². The SMILES string of the molecule is COc1ccc(CCC(=O)N2C[C@@H](CO)[C@H](N(C)C)C2)cc1. The second-order valence-electron chi connectivity index (χ2n) is 6.12. The van der Waals surface area contributed by atoms with Crippen LogP contribution in [-0.2, 0) is 11.2 Å². The van der Waals surface area contributed by atoms with Crippen molar-refractivity contribution < 1.29 is 14.6 Å². The first kappa shape index (κ1) is 16.8. The number of ether oxygens (including phenoxy) is 1. The summed E-state index contributed by atoms with van der Waals surface area (Å²) in [5, 5.41) is 9.47. The van der Waals surface area contributed by atoms with E-state index in [1.165, 1.54) is 0 Å². The van der Waals surface area contributed by atoms with E-state index in [1.54, 1.807) is 7.11 Å². The zero-order valence-corrected chi connectivity index (χ0v) is 13.7. The lowest BCUT2D eigenvalue weighted by Crippen LogP contribution is -2.37. The van der Waals surface area contributed by atoms with Crippen molar-refractivity contribution >= 4 is 5.91 Å². The molecule has 0 radical (unpaired) electrons. The highest BCUT2D eigenvalue weighted by Gasteiger charge is 2.35. The molecule has 5 heteroatoms. The van der Waals surface area contributed by atoms with E-state index in [0.717, 1.165) is 17.7 Å². The molecule has 1 saturated heterocycles. The Labute approximate surface area is 132 Å². The molecule has 0 aliphatic carbocycles. The maximum absolute atomic E-state index is 12.4. The lowest BCUT2D eigenvalue weighted by Gasteiger charge is -2.23. The number of carbonyl (C=O) groups excluding carboxylic acids is 1. The van der Waals surface area contributed by atoms with Gasteiger partial charge in [-0.1, -0.05) is 12.1 Å². The summed E-state index contributed by atoms with van der Waals surface area (Å²) >= 11 is 0. The smallest absolute Gasteiger partial charge is 0.222 e. The van der Waals surface area contributed by atoms with Gasteiger partial charge in [-0.2, -0.15) is 0 Å². The quantitative estimate of drug-likeness (QED) is 0.852. The highest BCUT2D eigenvalue weighted by Crippen LogP contribution is 2.21. The van der Waals surface area contributed by atoms with Gasteiger partial charge in [-0.3, -0.25) is 4.79 Å². The van der Waals surface area contributed by atoms with Gasteiger partial charge < -0.3 is 19.6 Å². The lowest BCUT2D eigenvalue weighted by molar-refractivity contribution is -0.130. The molecule has 1 aromatic rings. The normalized spacial score (nSPS) is 21.4. The topological polar surface area (TPSA) is 53.0 Å². The van der Waals surface area contributed by atoms with Gasteiger partial charge >= 0.3 is 0 Å². The number of likely N-dealkylation sites (tertiary alicyclic amines) is 1. The van der Waals surface area contributed by atoms with Crippen molar-refractivity contribution in [3.05, 3.63) is 29.8 Å². The van der Waals surface area contributed by atoms with E-state index in [0.29, 0.717) is 19.5 Å². The van der Waals surface area contributed by atoms with Crippen LogP contribution in [0, 0.1) is 5.92 Å². The monoisotopic (exact) mass is 306 g/mol. The lowest BCUT2D eigenvalue weighted by atomic mass is 10.0. The van der Waals surface area contributed by atoms with E-state index < -0.39 is 0 Å². The second-order valence-corrected chi connectivity index (χ2v) is 6.12. The number of hydrogen-bond acceptors (Lipinski definition) is 4. The van der Waals surface area contributed by atoms with Gasteiger partial charge in [0.15, 0.2) is 0 Å². The minimum Gasteiger partial charge on any atom is -0.497 e. The summed E-state index contributed by atoms with van der Waals surface area (Å²) in [4.78, 5) is 16.4. The first-order valence-corrected chi connectivity index (χ1v) is 7.73. The highest BCUT2D eigenvalue weighted by atomic mass is 16.5. The molecule has 0 bridgehead atoms. The molecule has 2 atom stereocenters. The molecule has 122 valence electrons. The average molecular weight is 306 g/mol. The summed E-state index contributed by atoms with van der Waals surface area (Å²) in [5.41, 5.74) is 1.14. The fourth-order valence-electron chi connectivity index (χ4n) is 3.02. The van der Waals surface area contributed by atoms with E-state index >= 15 is 0 Å². The molecule has 0 saturated carbocycles. The van der Waals surface area contributed by atoms with Crippen LogP contribution < -0.4 is 4.74 Å². The Balaban J connectivity index is 1.87. The zero-order valence-electron chi connectivity index (χ0n) is 13.7. The third kappa shape index (κ3) is 3.99. The van der Waals surface area contributed by atoms with Gasteiger partial charge in [0.1, 0.15) is 5.75 Å². The van der Waals surface area contributed by atoms with Crippen LogP contribution >= 0.6 is 0 Å². The van der Waals surface area contributed by atoms with Gasteiger partial charge in [-0.05, 0) is 38.2 Å². The number of benzene rings is 1. The maximum atomic E-state index is 12.4. The molecule has 22 heavy (non-hydrogen) atoms. The number of carbonyl (C=O) groups is 1. The minimum atomic E-state index is 0.130. The molecular weight excluding hydrogens is 280 g/mol. The average Bonchev–Trinajstić information content (AvgIpc) is 2.97. The molecule has 1 aliphatic heterocycles. The van der Waals surface area contributed by atoms with Gasteiger partial charge in [-0.25, -0.2) is 0 Å². The molecule has 0 aromatic heterocycles. The van der Waals surface area contributed by atoms with Crippen LogP contribution in [0.2, 0.25) is 0 Å². The Morgan fingerprint density at radius 3 is 2.50 bits per heavy atom. The van der Waals surface area contributed by atoms with Crippen LogP contribution in [0.1, 0.15) is 12.0 Å². The Morgan fingerprint density at radius 2 is 2.00 bits per heavy atom. The Bertz CT molecular complexity index is 487. The Morgan fingerprint density at radius 1 is 1.32 bits per heavy atom. The molecule has 1 aromatic carbocycles. The number of aliphatic hydroxyl groups is 1. The Hall–Kier alpha value is -1.59. The number of methoxy groups -OCH3 is 1.